The second kappa shape index (κ2) is 10.1. The second-order valence-electron chi connectivity index (χ2n) is 8.02. The molecule has 2 amide bonds. The fourth-order valence-electron chi connectivity index (χ4n) is 3.82. The Morgan fingerprint density at radius 1 is 1.16 bits per heavy atom. The Labute approximate surface area is 222 Å². The fourth-order valence-corrected chi connectivity index (χ4v) is 4.38. The van der Waals surface area contributed by atoms with Gasteiger partial charge in [0.15, 0.2) is 28.3 Å². The molecule has 2 aromatic carbocycles. The summed E-state index contributed by atoms with van der Waals surface area (Å²) in [6.45, 7) is 1.11. The molecule has 0 spiro atoms. The van der Waals surface area contributed by atoms with Gasteiger partial charge in [-0.15, -0.1) is 0 Å². The third kappa shape index (κ3) is 5.24. The summed E-state index contributed by atoms with van der Waals surface area (Å²) in [6, 6.07) is 5.80. The Kier molecular flexibility index (Phi) is 6.88. The molecule has 2 aliphatic rings. The molecule has 38 heavy (non-hydrogen) atoms. The van der Waals surface area contributed by atoms with E-state index >= 15 is 0 Å². The molecule has 0 fully saturated rings. The third-order valence-electron chi connectivity index (χ3n) is 5.50. The average Bonchev–Trinajstić information content (AvgIpc) is 3.37. The maximum absolute atomic E-state index is 14.9. The molecule has 2 aliphatic heterocycles. The van der Waals surface area contributed by atoms with Crippen molar-refractivity contribution in [3.63, 3.8) is 0 Å². The van der Waals surface area contributed by atoms with Crippen molar-refractivity contribution in [2.45, 2.75) is 11.3 Å². The summed E-state index contributed by atoms with van der Waals surface area (Å²) in [6.07, 6.45) is 0.527. The van der Waals surface area contributed by atoms with Crippen LogP contribution >= 0.6 is 23.4 Å². The summed E-state index contributed by atoms with van der Waals surface area (Å²) in [5.41, 5.74) is -0.478. The quantitative estimate of drug-likeness (QED) is 0.214. The molecule has 0 unspecified atom stereocenters. The largest absolute Gasteiger partial charge is 0.450 e. The summed E-state index contributed by atoms with van der Waals surface area (Å²) in [7, 11) is 0. The van der Waals surface area contributed by atoms with E-state index in [2.05, 4.69) is 25.6 Å². The zero-order valence-electron chi connectivity index (χ0n) is 19.4. The highest BCUT2D eigenvalue weighted by Crippen LogP contribution is 2.36. The van der Waals surface area contributed by atoms with Gasteiger partial charge < -0.3 is 20.3 Å². The Morgan fingerprint density at radius 2 is 1.89 bits per heavy atom. The summed E-state index contributed by atoms with van der Waals surface area (Å²) in [5.74, 6) is 0.636. The van der Waals surface area contributed by atoms with Gasteiger partial charge in [0.05, 0.1) is 17.1 Å². The Morgan fingerprint density at radius 3 is 2.61 bits per heavy atom. The lowest BCUT2D eigenvalue weighted by atomic mass is 10.1. The molecular formula is C24H17ClF4N6O2S. The van der Waals surface area contributed by atoms with Crippen molar-refractivity contribution >= 4 is 58.5 Å². The van der Waals surface area contributed by atoms with Crippen LogP contribution in [0.1, 0.15) is 11.1 Å². The van der Waals surface area contributed by atoms with Crippen LogP contribution in [0.25, 0.3) is 6.08 Å². The predicted octanol–water partition coefficient (Wildman–Crippen LogP) is 6.31. The van der Waals surface area contributed by atoms with Gasteiger partial charge in [-0.25, -0.2) is 19.2 Å². The van der Waals surface area contributed by atoms with E-state index < -0.39 is 28.6 Å². The number of ether oxygens (including phenoxy) is 1. The van der Waals surface area contributed by atoms with Crippen LogP contribution in [-0.4, -0.2) is 41.2 Å². The van der Waals surface area contributed by atoms with Gasteiger partial charge in [-0.3, -0.25) is 4.99 Å². The van der Waals surface area contributed by atoms with Crippen molar-refractivity contribution in [1.29, 1.82) is 0 Å². The minimum atomic E-state index is -4.69. The number of hydrogen-bond acceptors (Lipinski definition) is 7. The van der Waals surface area contributed by atoms with Gasteiger partial charge in [-0.1, -0.05) is 23.4 Å². The number of anilines is 3. The number of rotatable bonds is 5. The second-order valence-corrected chi connectivity index (χ2v) is 9.20. The van der Waals surface area contributed by atoms with Crippen molar-refractivity contribution in [3.8, 4) is 5.75 Å². The minimum Gasteiger partial charge on any atom is -0.450 e. The fraction of sp³-hybridized carbons (Fsp3) is 0.167. The highest BCUT2D eigenvalue weighted by atomic mass is 35.5. The van der Waals surface area contributed by atoms with Crippen LogP contribution in [0.5, 0.6) is 5.75 Å². The van der Waals surface area contributed by atoms with Gasteiger partial charge in [-0.05, 0) is 42.7 Å². The number of thioether (sulfide) groups is 1. The monoisotopic (exact) mass is 564 g/mol. The van der Waals surface area contributed by atoms with Crippen molar-refractivity contribution < 1.29 is 27.1 Å². The minimum absolute atomic E-state index is 0.0538. The lowest BCUT2D eigenvalue weighted by Crippen LogP contribution is -2.34. The molecule has 0 atom stereocenters. The molecule has 14 heteroatoms. The molecule has 0 saturated carbocycles. The van der Waals surface area contributed by atoms with Crippen molar-refractivity contribution in [1.82, 2.24) is 9.97 Å². The van der Waals surface area contributed by atoms with Crippen molar-refractivity contribution in [3.05, 3.63) is 70.3 Å². The molecule has 1 aromatic heterocycles. The Bertz CT molecular complexity index is 1500. The van der Waals surface area contributed by atoms with Gasteiger partial charge in [0.1, 0.15) is 5.82 Å². The molecule has 5 rings (SSSR count). The summed E-state index contributed by atoms with van der Waals surface area (Å²) >= 11 is 7.01. The molecule has 3 heterocycles. The van der Waals surface area contributed by atoms with E-state index in [1.165, 1.54) is 30.0 Å². The van der Waals surface area contributed by atoms with Crippen molar-refractivity contribution in [2.75, 3.05) is 34.9 Å². The van der Waals surface area contributed by atoms with Crippen molar-refractivity contribution in [2.24, 2.45) is 4.99 Å². The smallest absolute Gasteiger partial charge is 0.417 e. The van der Waals surface area contributed by atoms with Crippen LogP contribution in [-0.2, 0) is 6.18 Å². The molecule has 2 N–H and O–H groups in total. The number of amidine groups is 1. The Hall–Kier alpha value is -3.84. The molecule has 0 bridgehead atoms. The lowest BCUT2D eigenvalue weighted by Gasteiger charge is -2.27. The summed E-state index contributed by atoms with van der Waals surface area (Å²) < 4.78 is 59.9. The Balaban J connectivity index is 1.30. The number of carbonyl (C=O) groups is 1. The number of aliphatic imine (C=N–C) groups is 1. The molecule has 196 valence electrons. The zero-order valence-corrected chi connectivity index (χ0v) is 21.0. The highest BCUT2D eigenvalue weighted by molar-refractivity contribution is 7.98. The van der Waals surface area contributed by atoms with E-state index in [4.69, 9.17) is 16.3 Å². The first-order valence-corrected chi connectivity index (χ1v) is 12.6. The van der Waals surface area contributed by atoms with E-state index in [0.29, 0.717) is 47.3 Å². The van der Waals surface area contributed by atoms with Crippen LogP contribution in [0, 0.1) is 5.82 Å². The van der Waals surface area contributed by atoms with Gasteiger partial charge in [0.25, 0.3) is 0 Å². The number of carbonyl (C=O) groups excluding carboxylic acids is 1. The summed E-state index contributed by atoms with van der Waals surface area (Å²) in [5, 5.41) is 4.75. The van der Waals surface area contributed by atoms with Gasteiger partial charge in [0.2, 0.25) is 0 Å². The van der Waals surface area contributed by atoms with Crippen LogP contribution < -0.4 is 20.3 Å². The van der Waals surface area contributed by atoms with E-state index in [9.17, 15) is 22.4 Å². The van der Waals surface area contributed by atoms with Crippen LogP contribution in [0.2, 0.25) is 5.02 Å². The number of urea groups is 1. The normalized spacial score (nSPS) is 14.3. The first-order valence-electron chi connectivity index (χ1n) is 11.0. The topological polar surface area (TPSA) is 91.7 Å². The molecule has 8 nitrogen and oxygen atoms in total. The first kappa shape index (κ1) is 25.8. The molecule has 0 radical (unpaired) electrons. The average molecular weight is 565 g/mol. The third-order valence-corrected chi connectivity index (χ3v) is 6.39. The van der Waals surface area contributed by atoms with E-state index in [1.54, 1.807) is 12.3 Å². The standard InChI is InChI=1S/C24H17ClF4N6O2S/c1-38-23-31-11-12-8-19(21-30-6-7-35(21)20(12)34-23)37-18-5-3-14(10-17(18)26)33-22(36)32-13-2-4-16(25)15(9-13)24(27,28)29/h2-5,8-11H,6-7H2,1H3,(H2,32,33,36). The molecule has 0 saturated heterocycles. The number of nitrogens with zero attached hydrogens (tertiary/aromatic N) is 4. The number of fused-ring (bicyclic) bond motifs is 3. The highest BCUT2D eigenvalue weighted by Gasteiger charge is 2.34. The maximum atomic E-state index is 14.9. The SMILES string of the molecule is CSc1ncc2c(n1)N1CCN=C1C(Oc1ccc(NC(=O)Nc3ccc(Cl)c(C(F)(F)F)c3)cc1F)=C2. The van der Waals surface area contributed by atoms with E-state index in [0.717, 1.165) is 12.1 Å². The number of amides is 2. The maximum Gasteiger partial charge on any atom is 0.417 e. The van der Waals surface area contributed by atoms with E-state index in [1.807, 2.05) is 11.2 Å². The van der Waals surface area contributed by atoms with Crippen LogP contribution in [0.3, 0.4) is 0 Å². The number of benzene rings is 2. The van der Waals surface area contributed by atoms with Crippen LogP contribution in [0.15, 0.2) is 58.5 Å². The zero-order chi connectivity index (χ0) is 27.0. The number of alkyl halides is 3. The number of hydrogen-bond donors (Lipinski definition) is 2. The predicted molar refractivity (Wildman–Crippen MR) is 138 cm³/mol. The molecular weight excluding hydrogens is 548 g/mol. The number of halogens is 5. The first-order chi connectivity index (χ1) is 18.1. The van der Waals surface area contributed by atoms with Gasteiger partial charge >= 0.3 is 12.2 Å². The van der Waals surface area contributed by atoms with E-state index in [-0.39, 0.29) is 17.1 Å². The van der Waals surface area contributed by atoms with Gasteiger partial charge in [-0.2, -0.15) is 13.2 Å². The number of aromatic nitrogens is 2. The number of nitrogens with one attached hydrogen (secondary N) is 2. The van der Waals surface area contributed by atoms with Crippen LogP contribution in [0.4, 0.5) is 39.5 Å². The summed E-state index contributed by atoms with van der Waals surface area (Å²) in [4.78, 5) is 27.4. The lowest BCUT2D eigenvalue weighted by molar-refractivity contribution is -0.137. The molecule has 3 aromatic rings. The van der Waals surface area contributed by atoms with Gasteiger partial charge in [0, 0.05) is 35.7 Å². The molecule has 0 aliphatic carbocycles.